The zero-order valence-electron chi connectivity index (χ0n) is 17.2. The van der Waals surface area contributed by atoms with Crippen molar-refractivity contribution in [2.24, 2.45) is 0 Å². The Kier molecular flexibility index (Phi) is 7.30. The molecule has 2 aromatic rings. The highest BCUT2D eigenvalue weighted by Gasteiger charge is 2.39. The van der Waals surface area contributed by atoms with Crippen LogP contribution in [0.2, 0.25) is 0 Å². The van der Waals surface area contributed by atoms with E-state index in [1.807, 2.05) is 30.3 Å². The molecule has 160 valence electrons. The first-order valence-corrected chi connectivity index (χ1v) is 9.92. The first-order chi connectivity index (χ1) is 14.6. The van der Waals surface area contributed by atoms with E-state index in [1.54, 1.807) is 18.2 Å². The number of rotatable bonds is 8. The second-order valence-corrected chi connectivity index (χ2v) is 7.13. The summed E-state index contributed by atoms with van der Waals surface area (Å²) in [5, 5.41) is 10.0. The lowest BCUT2D eigenvalue weighted by atomic mass is 9.96. The Hall–Kier alpha value is -3.06. The highest BCUT2D eigenvalue weighted by molar-refractivity contribution is 5.90. The molecule has 1 fully saturated rings. The number of hydrogen-bond donors (Lipinski definition) is 1. The largest absolute Gasteiger partial charge is 0.497 e. The van der Waals surface area contributed by atoms with Gasteiger partial charge in [-0.15, -0.1) is 0 Å². The van der Waals surface area contributed by atoms with Gasteiger partial charge in [-0.25, -0.2) is 4.79 Å². The van der Waals surface area contributed by atoms with Crippen molar-refractivity contribution >= 4 is 11.9 Å². The number of esters is 1. The second kappa shape index (κ2) is 10.1. The van der Waals surface area contributed by atoms with E-state index in [0.717, 1.165) is 5.56 Å². The van der Waals surface area contributed by atoms with Crippen LogP contribution in [0.1, 0.15) is 29.9 Å². The number of hydrogen-bond acceptors (Lipinski definition) is 6. The van der Waals surface area contributed by atoms with Crippen LogP contribution in [0.25, 0.3) is 0 Å². The maximum Gasteiger partial charge on any atom is 0.329 e. The molecule has 30 heavy (non-hydrogen) atoms. The number of ether oxygens (including phenoxy) is 3. The van der Waals surface area contributed by atoms with Crippen LogP contribution in [0, 0.1) is 0 Å². The lowest BCUT2D eigenvalue weighted by Crippen LogP contribution is -2.44. The smallest absolute Gasteiger partial charge is 0.329 e. The summed E-state index contributed by atoms with van der Waals surface area (Å²) >= 11 is 0. The van der Waals surface area contributed by atoms with Crippen LogP contribution < -0.4 is 9.47 Å². The Labute approximate surface area is 176 Å². The molecule has 2 atom stereocenters. The molecule has 0 aromatic heterocycles. The SMILES string of the molecule is COc1ccc(OC)c([C@@H](CO)C(=O)N2CCC[C@H]2C(=O)OCc2ccccc2)c1. The lowest BCUT2D eigenvalue weighted by Gasteiger charge is -2.28. The fourth-order valence-corrected chi connectivity index (χ4v) is 3.72. The Morgan fingerprint density at radius 2 is 1.90 bits per heavy atom. The van der Waals surface area contributed by atoms with Crippen molar-refractivity contribution in [1.29, 1.82) is 0 Å². The lowest BCUT2D eigenvalue weighted by molar-refractivity contribution is -0.155. The molecule has 0 spiro atoms. The molecule has 1 amide bonds. The summed E-state index contributed by atoms with van der Waals surface area (Å²) in [5.41, 5.74) is 1.41. The zero-order chi connectivity index (χ0) is 21.5. The van der Waals surface area contributed by atoms with Crippen LogP contribution in [0.15, 0.2) is 48.5 Å². The van der Waals surface area contributed by atoms with E-state index in [9.17, 15) is 14.7 Å². The van der Waals surface area contributed by atoms with Crippen molar-refractivity contribution in [2.45, 2.75) is 31.4 Å². The number of amides is 1. The summed E-state index contributed by atoms with van der Waals surface area (Å²) in [4.78, 5) is 27.5. The van der Waals surface area contributed by atoms with Gasteiger partial charge in [0.05, 0.1) is 26.7 Å². The van der Waals surface area contributed by atoms with Crippen LogP contribution in [-0.4, -0.2) is 55.3 Å². The van der Waals surface area contributed by atoms with Gasteiger partial charge in [-0.05, 0) is 36.6 Å². The van der Waals surface area contributed by atoms with Crippen molar-refractivity contribution in [1.82, 2.24) is 4.90 Å². The molecule has 0 aliphatic carbocycles. The average molecular weight is 413 g/mol. The summed E-state index contributed by atoms with van der Waals surface area (Å²) in [6.07, 6.45) is 1.23. The predicted molar refractivity (Wildman–Crippen MR) is 110 cm³/mol. The number of methoxy groups -OCH3 is 2. The van der Waals surface area contributed by atoms with Crippen molar-refractivity contribution in [2.75, 3.05) is 27.4 Å². The van der Waals surface area contributed by atoms with Gasteiger partial charge in [-0.1, -0.05) is 30.3 Å². The van der Waals surface area contributed by atoms with Crippen molar-refractivity contribution in [3.8, 4) is 11.5 Å². The van der Waals surface area contributed by atoms with Gasteiger partial charge in [0.1, 0.15) is 24.1 Å². The van der Waals surface area contributed by atoms with Crippen molar-refractivity contribution < 1.29 is 28.9 Å². The molecule has 0 unspecified atom stereocenters. The predicted octanol–water partition coefficient (Wildman–Crippen LogP) is 2.51. The number of likely N-dealkylation sites (tertiary alicyclic amines) is 1. The third-order valence-corrected chi connectivity index (χ3v) is 5.32. The number of aliphatic hydroxyl groups excluding tert-OH is 1. The molecule has 1 aliphatic heterocycles. The molecule has 7 nitrogen and oxygen atoms in total. The third-order valence-electron chi connectivity index (χ3n) is 5.32. The van der Waals surface area contributed by atoms with E-state index in [1.165, 1.54) is 19.1 Å². The zero-order valence-corrected chi connectivity index (χ0v) is 17.2. The first kappa shape index (κ1) is 21.6. The van der Waals surface area contributed by atoms with Crippen LogP contribution in [0.4, 0.5) is 0 Å². The molecule has 1 aliphatic rings. The molecule has 7 heteroatoms. The van der Waals surface area contributed by atoms with Gasteiger partial charge in [0.15, 0.2) is 0 Å². The first-order valence-electron chi connectivity index (χ1n) is 9.92. The van der Waals surface area contributed by atoms with E-state index in [-0.39, 0.29) is 12.5 Å². The normalized spacial score (nSPS) is 16.8. The van der Waals surface area contributed by atoms with Gasteiger partial charge < -0.3 is 24.2 Å². The van der Waals surface area contributed by atoms with Gasteiger partial charge >= 0.3 is 5.97 Å². The number of benzene rings is 2. The van der Waals surface area contributed by atoms with E-state index < -0.39 is 24.5 Å². The maximum atomic E-state index is 13.3. The Morgan fingerprint density at radius 1 is 1.13 bits per heavy atom. The van der Waals surface area contributed by atoms with Gasteiger partial charge in [-0.2, -0.15) is 0 Å². The molecule has 0 radical (unpaired) electrons. The number of aliphatic hydroxyl groups is 1. The second-order valence-electron chi connectivity index (χ2n) is 7.13. The highest BCUT2D eigenvalue weighted by atomic mass is 16.5. The van der Waals surface area contributed by atoms with Crippen LogP contribution >= 0.6 is 0 Å². The molecule has 1 N–H and O–H groups in total. The fraction of sp³-hybridized carbons (Fsp3) is 0.391. The number of carbonyl (C=O) groups excluding carboxylic acids is 2. The van der Waals surface area contributed by atoms with Gasteiger partial charge in [-0.3, -0.25) is 4.79 Å². The highest BCUT2D eigenvalue weighted by Crippen LogP contribution is 2.33. The van der Waals surface area contributed by atoms with E-state index >= 15 is 0 Å². The van der Waals surface area contributed by atoms with E-state index in [4.69, 9.17) is 14.2 Å². The summed E-state index contributed by atoms with van der Waals surface area (Å²) in [5.74, 6) is -0.595. The minimum atomic E-state index is -0.863. The Balaban J connectivity index is 1.76. The molecule has 2 aromatic carbocycles. The van der Waals surface area contributed by atoms with Gasteiger partial charge in [0.25, 0.3) is 0 Å². The monoisotopic (exact) mass is 413 g/mol. The standard InChI is InChI=1S/C23H27NO6/c1-28-17-10-11-21(29-2)18(13-17)19(14-25)22(26)24-12-6-9-20(24)23(27)30-15-16-7-4-3-5-8-16/h3-5,7-8,10-11,13,19-20,25H,6,9,12,14-15H2,1-2H3/t19-,20+/m1/s1. The number of carbonyl (C=O) groups is 2. The van der Waals surface area contributed by atoms with Gasteiger partial charge in [0, 0.05) is 12.1 Å². The maximum absolute atomic E-state index is 13.3. The summed E-state index contributed by atoms with van der Waals surface area (Å²) < 4.78 is 16.1. The quantitative estimate of drug-likeness (QED) is 0.670. The fourth-order valence-electron chi connectivity index (χ4n) is 3.72. The number of nitrogens with zero attached hydrogens (tertiary/aromatic N) is 1. The van der Waals surface area contributed by atoms with Gasteiger partial charge in [0.2, 0.25) is 5.91 Å². The molecule has 1 saturated heterocycles. The Bertz CT molecular complexity index is 869. The summed E-state index contributed by atoms with van der Waals surface area (Å²) in [6.45, 7) is 0.183. The third kappa shape index (κ3) is 4.74. The average Bonchev–Trinajstić information content (AvgIpc) is 3.28. The molecular weight excluding hydrogens is 386 g/mol. The topological polar surface area (TPSA) is 85.3 Å². The molecule has 0 saturated carbocycles. The summed E-state index contributed by atoms with van der Waals surface area (Å²) in [7, 11) is 3.03. The van der Waals surface area contributed by atoms with Crippen molar-refractivity contribution in [3.05, 3.63) is 59.7 Å². The molecule has 1 heterocycles. The molecule has 0 bridgehead atoms. The van der Waals surface area contributed by atoms with Crippen LogP contribution in [-0.2, 0) is 20.9 Å². The van der Waals surface area contributed by atoms with Crippen LogP contribution in [0.5, 0.6) is 11.5 Å². The molecule has 3 rings (SSSR count). The minimum Gasteiger partial charge on any atom is -0.497 e. The van der Waals surface area contributed by atoms with Crippen LogP contribution in [0.3, 0.4) is 0 Å². The van der Waals surface area contributed by atoms with E-state index in [2.05, 4.69) is 0 Å². The summed E-state index contributed by atoms with van der Waals surface area (Å²) in [6, 6.07) is 13.8. The molecular formula is C23H27NO6. The van der Waals surface area contributed by atoms with Crippen molar-refractivity contribution in [3.63, 3.8) is 0 Å². The Morgan fingerprint density at radius 3 is 2.57 bits per heavy atom. The minimum absolute atomic E-state index is 0.158. The van der Waals surface area contributed by atoms with E-state index in [0.29, 0.717) is 36.4 Å².